The molecule has 1 saturated heterocycles. The number of likely N-dealkylation sites (tertiary alicyclic amines) is 1. The molecule has 1 aromatic carbocycles. The third-order valence-corrected chi connectivity index (χ3v) is 5.52. The standard InChI is InChI=1S/C22H39N5O/c1-5-27(21-8-6-7-19(2)17-21)14-11-24-22(23-3)25-18-20-9-12-26(13-10-20)15-16-28-4/h6-8,17,20H,5,9-16,18H2,1-4H3,(H2,23,24,25). The minimum Gasteiger partial charge on any atom is -0.383 e. The van der Waals surface area contributed by atoms with E-state index in [1.165, 1.54) is 37.2 Å². The van der Waals surface area contributed by atoms with Crippen molar-refractivity contribution in [3.8, 4) is 0 Å². The molecular formula is C22H39N5O. The van der Waals surface area contributed by atoms with Crippen LogP contribution < -0.4 is 15.5 Å². The Labute approximate surface area is 171 Å². The van der Waals surface area contributed by atoms with Gasteiger partial charge in [0.05, 0.1) is 6.61 Å². The normalized spacial score (nSPS) is 16.2. The fraction of sp³-hybridized carbons (Fsp3) is 0.682. The highest BCUT2D eigenvalue weighted by Crippen LogP contribution is 2.16. The number of methoxy groups -OCH3 is 1. The third-order valence-electron chi connectivity index (χ3n) is 5.52. The van der Waals surface area contributed by atoms with Gasteiger partial charge in [-0.1, -0.05) is 12.1 Å². The first-order valence-corrected chi connectivity index (χ1v) is 10.6. The van der Waals surface area contributed by atoms with Gasteiger partial charge < -0.3 is 25.2 Å². The molecule has 1 aliphatic heterocycles. The lowest BCUT2D eigenvalue weighted by Gasteiger charge is -2.32. The number of aryl methyl sites for hydroxylation is 1. The van der Waals surface area contributed by atoms with Crippen LogP contribution in [0.4, 0.5) is 5.69 Å². The summed E-state index contributed by atoms with van der Waals surface area (Å²) in [7, 11) is 3.62. The molecule has 6 heteroatoms. The predicted molar refractivity (Wildman–Crippen MR) is 119 cm³/mol. The Balaban J connectivity index is 1.67. The zero-order valence-corrected chi connectivity index (χ0v) is 18.2. The lowest BCUT2D eigenvalue weighted by molar-refractivity contribution is 0.121. The average Bonchev–Trinajstić information content (AvgIpc) is 2.72. The van der Waals surface area contributed by atoms with E-state index in [0.717, 1.165) is 51.2 Å². The number of hydrogen-bond acceptors (Lipinski definition) is 4. The van der Waals surface area contributed by atoms with Crippen LogP contribution in [-0.4, -0.2) is 77.4 Å². The van der Waals surface area contributed by atoms with Crippen molar-refractivity contribution < 1.29 is 4.74 Å². The van der Waals surface area contributed by atoms with E-state index in [-0.39, 0.29) is 0 Å². The number of anilines is 1. The monoisotopic (exact) mass is 389 g/mol. The Morgan fingerprint density at radius 2 is 2.07 bits per heavy atom. The van der Waals surface area contributed by atoms with E-state index in [1.807, 2.05) is 7.05 Å². The second kappa shape index (κ2) is 12.6. The van der Waals surface area contributed by atoms with E-state index < -0.39 is 0 Å². The first kappa shape index (κ1) is 22.5. The molecule has 0 amide bonds. The maximum absolute atomic E-state index is 5.18. The molecular weight excluding hydrogens is 350 g/mol. The summed E-state index contributed by atoms with van der Waals surface area (Å²) >= 11 is 0. The third kappa shape index (κ3) is 7.68. The fourth-order valence-corrected chi connectivity index (χ4v) is 3.70. The van der Waals surface area contributed by atoms with Gasteiger partial charge in [-0.15, -0.1) is 0 Å². The van der Waals surface area contributed by atoms with Crippen LogP contribution in [0.2, 0.25) is 0 Å². The average molecular weight is 390 g/mol. The quantitative estimate of drug-likeness (QED) is 0.475. The molecule has 1 heterocycles. The minimum absolute atomic E-state index is 0.719. The Morgan fingerprint density at radius 1 is 1.29 bits per heavy atom. The lowest BCUT2D eigenvalue weighted by Crippen LogP contribution is -2.45. The zero-order valence-electron chi connectivity index (χ0n) is 18.2. The van der Waals surface area contributed by atoms with Gasteiger partial charge in [-0.05, 0) is 63.4 Å². The number of nitrogens with zero attached hydrogens (tertiary/aromatic N) is 3. The number of guanidine groups is 1. The Hall–Kier alpha value is -1.79. The van der Waals surface area contributed by atoms with E-state index in [1.54, 1.807) is 7.11 Å². The van der Waals surface area contributed by atoms with Gasteiger partial charge in [0.25, 0.3) is 0 Å². The Bertz CT molecular complexity index is 584. The van der Waals surface area contributed by atoms with Crippen molar-refractivity contribution in [1.29, 1.82) is 0 Å². The van der Waals surface area contributed by atoms with Gasteiger partial charge in [-0.3, -0.25) is 4.99 Å². The van der Waals surface area contributed by atoms with Crippen LogP contribution >= 0.6 is 0 Å². The van der Waals surface area contributed by atoms with E-state index >= 15 is 0 Å². The summed E-state index contributed by atoms with van der Waals surface area (Å²) < 4.78 is 5.18. The molecule has 1 aromatic rings. The molecule has 0 spiro atoms. The fourth-order valence-electron chi connectivity index (χ4n) is 3.70. The van der Waals surface area contributed by atoms with Crippen LogP contribution in [0.25, 0.3) is 0 Å². The summed E-state index contributed by atoms with van der Waals surface area (Å²) in [6.07, 6.45) is 2.48. The van der Waals surface area contributed by atoms with Crippen LogP contribution in [0.5, 0.6) is 0 Å². The molecule has 158 valence electrons. The van der Waals surface area contributed by atoms with E-state index in [2.05, 4.69) is 63.5 Å². The summed E-state index contributed by atoms with van der Waals surface area (Å²) in [4.78, 5) is 9.28. The minimum atomic E-state index is 0.719. The van der Waals surface area contributed by atoms with Gasteiger partial charge in [0.15, 0.2) is 5.96 Å². The molecule has 0 saturated carbocycles. The lowest BCUT2D eigenvalue weighted by atomic mass is 9.97. The van der Waals surface area contributed by atoms with Gasteiger partial charge >= 0.3 is 0 Å². The number of nitrogens with one attached hydrogen (secondary N) is 2. The molecule has 2 rings (SSSR count). The molecule has 1 aliphatic rings. The van der Waals surface area contributed by atoms with Crippen LogP contribution in [0.15, 0.2) is 29.3 Å². The zero-order chi connectivity index (χ0) is 20.2. The van der Waals surface area contributed by atoms with Crippen molar-refractivity contribution in [2.75, 3.05) is 71.5 Å². The Morgan fingerprint density at radius 3 is 2.71 bits per heavy atom. The van der Waals surface area contributed by atoms with Crippen LogP contribution in [0, 0.1) is 12.8 Å². The summed E-state index contributed by atoms with van der Waals surface area (Å²) in [5.74, 6) is 1.62. The molecule has 6 nitrogen and oxygen atoms in total. The van der Waals surface area contributed by atoms with Gasteiger partial charge in [-0.2, -0.15) is 0 Å². The summed E-state index contributed by atoms with van der Waals surface area (Å²) in [5, 5.41) is 6.98. The van der Waals surface area contributed by atoms with Gasteiger partial charge in [0.2, 0.25) is 0 Å². The van der Waals surface area contributed by atoms with Crippen molar-refractivity contribution in [3.05, 3.63) is 29.8 Å². The van der Waals surface area contributed by atoms with E-state index in [9.17, 15) is 0 Å². The number of likely N-dealkylation sites (N-methyl/N-ethyl adjacent to an activating group) is 1. The highest BCUT2D eigenvalue weighted by Gasteiger charge is 2.19. The molecule has 2 N–H and O–H groups in total. The molecule has 28 heavy (non-hydrogen) atoms. The van der Waals surface area contributed by atoms with Crippen LogP contribution in [-0.2, 0) is 4.74 Å². The molecule has 0 bridgehead atoms. The second-order valence-electron chi connectivity index (χ2n) is 7.58. The van der Waals surface area contributed by atoms with Crippen molar-refractivity contribution >= 4 is 11.6 Å². The molecule has 0 unspecified atom stereocenters. The number of hydrogen-bond donors (Lipinski definition) is 2. The van der Waals surface area contributed by atoms with Crippen LogP contribution in [0.1, 0.15) is 25.3 Å². The molecule has 0 aliphatic carbocycles. The van der Waals surface area contributed by atoms with E-state index in [0.29, 0.717) is 0 Å². The van der Waals surface area contributed by atoms with Crippen molar-refractivity contribution in [1.82, 2.24) is 15.5 Å². The highest BCUT2D eigenvalue weighted by molar-refractivity contribution is 5.79. The highest BCUT2D eigenvalue weighted by atomic mass is 16.5. The second-order valence-corrected chi connectivity index (χ2v) is 7.58. The summed E-state index contributed by atoms with van der Waals surface area (Å²) in [6, 6.07) is 8.70. The first-order valence-electron chi connectivity index (χ1n) is 10.6. The maximum atomic E-state index is 5.18. The number of ether oxygens (including phenoxy) is 1. The van der Waals surface area contributed by atoms with Crippen molar-refractivity contribution in [3.63, 3.8) is 0 Å². The predicted octanol–water partition coefficient (Wildman–Crippen LogP) is 2.34. The molecule has 0 radical (unpaired) electrons. The molecule has 1 fully saturated rings. The van der Waals surface area contributed by atoms with Gasteiger partial charge in [0.1, 0.15) is 0 Å². The number of rotatable bonds is 10. The number of aliphatic imine (C=N–C) groups is 1. The van der Waals surface area contributed by atoms with Crippen LogP contribution in [0.3, 0.4) is 0 Å². The van der Waals surface area contributed by atoms with E-state index in [4.69, 9.17) is 4.74 Å². The number of benzene rings is 1. The van der Waals surface area contributed by atoms with Gasteiger partial charge in [0, 0.05) is 52.6 Å². The van der Waals surface area contributed by atoms with Crippen molar-refractivity contribution in [2.24, 2.45) is 10.9 Å². The largest absolute Gasteiger partial charge is 0.383 e. The molecule has 0 aromatic heterocycles. The van der Waals surface area contributed by atoms with Gasteiger partial charge in [-0.25, -0.2) is 0 Å². The topological polar surface area (TPSA) is 52.1 Å². The number of piperidine rings is 1. The SMILES string of the molecule is CCN(CCNC(=NC)NCC1CCN(CCOC)CC1)c1cccc(C)c1. The summed E-state index contributed by atoms with van der Waals surface area (Å²) in [5.41, 5.74) is 2.59. The summed E-state index contributed by atoms with van der Waals surface area (Å²) in [6.45, 7) is 12.4. The first-order chi connectivity index (χ1) is 13.7. The smallest absolute Gasteiger partial charge is 0.191 e. The molecule has 0 atom stereocenters. The van der Waals surface area contributed by atoms with Crippen molar-refractivity contribution in [2.45, 2.75) is 26.7 Å². The Kier molecular flexibility index (Phi) is 10.1. The maximum Gasteiger partial charge on any atom is 0.191 e.